The van der Waals surface area contributed by atoms with Crippen molar-refractivity contribution in [1.82, 2.24) is 0 Å². The highest BCUT2D eigenvalue weighted by atomic mass is 15.3. The third-order valence-electron chi connectivity index (χ3n) is 3.25. The Hall–Kier alpha value is -1.02. The van der Waals surface area contributed by atoms with Crippen molar-refractivity contribution in [3.8, 4) is 0 Å². The number of hydrogen-bond donors (Lipinski definition) is 1. The van der Waals surface area contributed by atoms with Gasteiger partial charge in [-0.2, -0.15) is 0 Å². The quantitative estimate of drug-likeness (QED) is 0.561. The largest absolute Gasteiger partial charge is 0.398 e. The van der Waals surface area contributed by atoms with Crippen LogP contribution in [0.15, 0.2) is 24.3 Å². The molecule has 76 valence electrons. The molecular formula is C12H19N2+. The van der Waals surface area contributed by atoms with E-state index in [1.54, 1.807) is 0 Å². The maximum absolute atomic E-state index is 5.95. The van der Waals surface area contributed by atoms with Crippen molar-refractivity contribution in [3.63, 3.8) is 0 Å². The fraction of sp³-hybridized carbons (Fsp3) is 0.500. The molecule has 1 aliphatic heterocycles. The lowest BCUT2D eigenvalue weighted by molar-refractivity contribution is -0.910. The second kappa shape index (κ2) is 3.62. The Balaban J connectivity index is 2.14. The molecule has 0 aromatic heterocycles. The summed E-state index contributed by atoms with van der Waals surface area (Å²) in [6.07, 6.45) is 2.73. The highest BCUT2D eigenvalue weighted by molar-refractivity contribution is 5.45. The molecular weight excluding hydrogens is 172 g/mol. The number of para-hydroxylation sites is 1. The van der Waals surface area contributed by atoms with E-state index in [2.05, 4.69) is 19.2 Å². The van der Waals surface area contributed by atoms with Crippen LogP contribution in [0.3, 0.4) is 0 Å². The standard InChI is InChI=1S/C12H19N2/c1-14(8-4-5-9-14)10-11-6-2-3-7-12(11)13/h2-3,6-7H,4-5,8-10,13H2,1H3/q+1. The van der Waals surface area contributed by atoms with Gasteiger partial charge in [-0.25, -0.2) is 0 Å². The summed E-state index contributed by atoms with van der Waals surface area (Å²) >= 11 is 0. The first kappa shape index (κ1) is 9.53. The first-order valence-electron chi connectivity index (χ1n) is 5.37. The van der Waals surface area contributed by atoms with Gasteiger partial charge in [0.2, 0.25) is 0 Å². The highest BCUT2D eigenvalue weighted by Crippen LogP contribution is 2.23. The summed E-state index contributed by atoms with van der Waals surface area (Å²) in [7, 11) is 2.33. The Bertz CT molecular complexity index is 314. The fourth-order valence-electron chi connectivity index (χ4n) is 2.35. The summed E-state index contributed by atoms with van der Waals surface area (Å²) < 4.78 is 1.16. The van der Waals surface area contributed by atoms with Gasteiger partial charge < -0.3 is 10.2 Å². The molecule has 0 unspecified atom stereocenters. The topological polar surface area (TPSA) is 26.0 Å². The summed E-state index contributed by atoms with van der Waals surface area (Å²) in [6, 6.07) is 8.23. The summed E-state index contributed by atoms with van der Waals surface area (Å²) in [5.74, 6) is 0. The molecule has 0 aliphatic carbocycles. The molecule has 0 radical (unpaired) electrons. The van der Waals surface area contributed by atoms with Crippen LogP contribution in [0.1, 0.15) is 18.4 Å². The third-order valence-corrected chi connectivity index (χ3v) is 3.25. The number of nitrogens with zero attached hydrogens (tertiary/aromatic N) is 1. The number of hydrogen-bond acceptors (Lipinski definition) is 1. The molecule has 2 N–H and O–H groups in total. The molecule has 1 aliphatic rings. The minimum Gasteiger partial charge on any atom is -0.398 e. The van der Waals surface area contributed by atoms with Crippen LogP contribution in [0.2, 0.25) is 0 Å². The summed E-state index contributed by atoms with van der Waals surface area (Å²) in [5.41, 5.74) is 8.19. The molecule has 1 fully saturated rings. The van der Waals surface area contributed by atoms with Crippen LogP contribution in [0.5, 0.6) is 0 Å². The lowest BCUT2D eigenvalue weighted by Gasteiger charge is -2.29. The molecule has 2 heteroatoms. The number of likely N-dealkylation sites (tertiary alicyclic amines) is 1. The van der Waals surface area contributed by atoms with Crippen molar-refractivity contribution < 1.29 is 4.48 Å². The van der Waals surface area contributed by atoms with E-state index < -0.39 is 0 Å². The van der Waals surface area contributed by atoms with E-state index in [4.69, 9.17) is 5.73 Å². The predicted molar refractivity (Wildman–Crippen MR) is 59.7 cm³/mol. The normalized spacial score (nSPS) is 19.8. The minimum atomic E-state index is 0.943. The van der Waals surface area contributed by atoms with Crippen LogP contribution in [-0.4, -0.2) is 24.6 Å². The van der Waals surface area contributed by atoms with Crippen molar-refractivity contribution in [2.24, 2.45) is 0 Å². The van der Waals surface area contributed by atoms with E-state index in [-0.39, 0.29) is 0 Å². The molecule has 0 saturated carbocycles. The van der Waals surface area contributed by atoms with E-state index in [0.29, 0.717) is 0 Å². The van der Waals surface area contributed by atoms with Crippen molar-refractivity contribution in [3.05, 3.63) is 29.8 Å². The molecule has 1 aromatic carbocycles. The molecule has 2 rings (SSSR count). The van der Waals surface area contributed by atoms with Gasteiger partial charge in [0, 0.05) is 24.1 Å². The molecule has 1 heterocycles. The zero-order valence-electron chi connectivity index (χ0n) is 8.87. The second-order valence-corrected chi connectivity index (χ2v) is 4.63. The summed E-state index contributed by atoms with van der Waals surface area (Å²) in [6.45, 7) is 3.69. The second-order valence-electron chi connectivity index (χ2n) is 4.63. The van der Waals surface area contributed by atoms with Crippen LogP contribution < -0.4 is 5.73 Å². The number of benzene rings is 1. The summed E-state index contributed by atoms with van der Waals surface area (Å²) in [5, 5.41) is 0. The number of anilines is 1. The van der Waals surface area contributed by atoms with Crippen molar-refractivity contribution in [1.29, 1.82) is 0 Å². The van der Waals surface area contributed by atoms with Crippen LogP contribution in [-0.2, 0) is 6.54 Å². The Morgan fingerprint density at radius 1 is 1.21 bits per heavy atom. The van der Waals surface area contributed by atoms with Gasteiger partial charge in [-0.1, -0.05) is 18.2 Å². The molecule has 1 aromatic rings. The average molecular weight is 191 g/mol. The van der Waals surface area contributed by atoms with E-state index in [9.17, 15) is 0 Å². The number of quaternary nitrogens is 1. The number of rotatable bonds is 2. The van der Waals surface area contributed by atoms with Gasteiger partial charge in [-0.15, -0.1) is 0 Å². The Kier molecular flexibility index (Phi) is 2.46. The van der Waals surface area contributed by atoms with Crippen LogP contribution in [0, 0.1) is 0 Å². The Morgan fingerprint density at radius 3 is 2.50 bits per heavy atom. The zero-order chi connectivity index (χ0) is 10.0. The van der Waals surface area contributed by atoms with Crippen molar-refractivity contribution in [2.45, 2.75) is 19.4 Å². The van der Waals surface area contributed by atoms with Crippen LogP contribution >= 0.6 is 0 Å². The third kappa shape index (κ3) is 1.90. The smallest absolute Gasteiger partial charge is 0.106 e. The number of nitrogens with two attached hydrogens (primary N) is 1. The molecule has 2 nitrogen and oxygen atoms in total. The minimum absolute atomic E-state index is 0.943. The summed E-state index contributed by atoms with van der Waals surface area (Å²) in [4.78, 5) is 0. The van der Waals surface area contributed by atoms with Gasteiger partial charge in [-0.3, -0.25) is 0 Å². The van der Waals surface area contributed by atoms with Gasteiger partial charge in [0.15, 0.2) is 0 Å². The lowest BCUT2D eigenvalue weighted by atomic mass is 10.1. The van der Waals surface area contributed by atoms with Crippen LogP contribution in [0.4, 0.5) is 5.69 Å². The maximum atomic E-state index is 5.95. The maximum Gasteiger partial charge on any atom is 0.106 e. The van der Waals surface area contributed by atoms with Gasteiger partial charge in [0.25, 0.3) is 0 Å². The molecule has 0 atom stereocenters. The van der Waals surface area contributed by atoms with E-state index >= 15 is 0 Å². The molecule has 14 heavy (non-hydrogen) atoms. The molecule has 0 amide bonds. The zero-order valence-corrected chi connectivity index (χ0v) is 8.87. The molecule has 1 saturated heterocycles. The van der Waals surface area contributed by atoms with E-state index in [0.717, 1.165) is 16.7 Å². The predicted octanol–water partition coefficient (Wildman–Crippen LogP) is 2.01. The van der Waals surface area contributed by atoms with Crippen LogP contribution in [0.25, 0.3) is 0 Å². The van der Waals surface area contributed by atoms with Gasteiger partial charge in [0.05, 0.1) is 20.1 Å². The average Bonchev–Trinajstić information content (AvgIpc) is 2.57. The first-order valence-corrected chi connectivity index (χ1v) is 5.37. The van der Waals surface area contributed by atoms with Gasteiger partial charge in [0.1, 0.15) is 6.54 Å². The van der Waals surface area contributed by atoms with Crippen molar-refractivity contribution in [2.75, 3.05) is 25.9 Å². The monoisotopic (exact) mass is 191 g/mol. The SMILES string of the molecule is C[N+]1(Cc2ccccc2N)CCCC1. The lowest BCUT2D eigenvalue weighted by Crippen LogP contribution is -2.39. The Labute approximate surface area is 85.9 Å². The fourth-order valence-corrected chi connectivity index (χ4v) is 2.35. The molecule has 0 spiro atoms. The number of nitrogen functional groups attached to an aromatic ring is 1. The molecule has 0 bridgehead atoms. The van der Waals surface area contributed by atoms with E-state index in [1.807, 2.05) is 12.1 Å². The van der Waals surface area contributed by atoms with E-state index in [1.165, 1.54) is 31.5 Å². The Morgan fingerprint density at radius 2 is 1.86 bits per heavy atom. The first-order chi connectivity index (χ1) is 6.70. The van der Waals surface area contributed by atoms with Gasteiger partial charge >= 0.3 is 0 Å². The highest BCUT2D eigenvalue weighted by Gasteiger charge is 2.27. The van der Waals surface area contributed by atoms with Crippen molar-refractivity contribution >= 4 is 5.69 Å². The van der Waals surface area contributed by atoms with Gasteiger partial charge in [-0.05, 0) is 6.07 Å².